The summed E-state index contributed by atoms with van der Waals surface area (Å²) in [4.78, 5) is 23.3. The molecule has 0 fully saturated rings. The quantitative estimate of drug-likeness (QED) is 0.629. The third-order valence-electron chi connectivity index (χ3n) is 3.00. The number of nitrogens with zero attached hydrogens (tertiary/aromatic N) is 2. The second kappa shape index (κ2) is 7.66. The minimum atomic E-state index is -2.97. The first-order valence-corrected chi connectivity index (χ1v) is 8.35. The van der Waals surface area contributed by atoms with Crippen molar-refractivity contribution in [1.29, 1.82) is 0 Å². The van der Waals surface area contributed by atoms with E-state index in [1.165, 1.54) is 24.4 Å². The van der Waals surface area contributed by atoms with Gasteiger partial charge >= 0.3 is 6.61 Å². The van der Waals surface area contributed by atoms with Gasteiger partial charge in [0.1, 0.15) is 5.75 Å². The van der Waals surface area contributed by atoms with Crippen molar-refractivity contribution >= 4 is 46.1 Å². The molecule has 0 saturated heterocycles. The van der Waals surface area contributed by atoms with Gasteiger partial charge in [0, 0.05) is 6.20 Å². The van der Waals surface area contributed by atoms with Crippen LogP contribution in [0, 0.1) is 0 Å². The topological polar surface area (TPSA) is 79.9 Å². The molecule has 3 aromatic rings. The smallest absolute Gasteiger partial charge is 0.387 e. The van der Waals surface area contributed by atoms with Gasteiger partial charge in [0.05, 0.1) is 22.0 Å². The number of H-pyrrole nitrogens is 1. The van der Waals surface area contributed by atoms with Gasteiger partial charge in [0.25, 0.3) is 0 Å². The molecule has 0 saturated carbocycles. The number of imidazole rings is 1. The number of benzene rings is 1. The lowest BCUT2D eigenvalue weighted by Crippen LogP contribution is -2.15. The van der Waals surface area contributed by atoms with Crippen LogP contribution in [0.3, 0.4) is 0 Å². The number of fused-ring (bicyclic) bond motifs is 1. The van der Waals surface area contributed by atoms with Crippen molar-refractivity contribution in [3.05, 3.63) is 41.6 Å². The van der Waals surface area contributed by atoms with Crippen LogP contribution in [-0.2, 0) is 4.79 Å². The van der Waals surface area contributed by atoms with E-state index >= 15 is 0 Å². The summed E-state index contributed by atoms with van der Waals surface area (Å²) < 4.78 is 29.1. The molecule has 0 unspecified atom stereocenters. The van der Waals surface area contributed by atoms with E-state index in [0.29, 0.717) is 21.3 Å². The fourth-order valence-electron chi connectivity index (χ4n) is 2.01. The normalized spacial score (nSPS) is 11.0. The Kier molecular flexibility index (Phi) is 5.34. The average molecular weight is 385 g/mol. The number of hydrogen-bond acceptors (Lipinski definition) is 5. The van der Waals surface area contributed by atoms with E-state index in [1.54, 1.807) is 12.1 Å². The Balaban J connectivity index is 1.62. The van der Waals surface area contributed by atoms with Crippen LogP contribution < -0.4 is 10.1 Å². The van der Waals surface area contributed by atoms with Gasteiger partial charge in [-0.3, -0.25) is 4.79 Å². The zero-order chi connectivity index (χ0) is 17.8. The Morgan fingerprint density at radius 1 is 1.40 bits per heavy atom. The predicted molar refractivity (Wildman–Crippen MR) is 91.3 cm³/mol. The van der Waals surface area contributed by atoms with Crippen LogP contribution in [0.2, 0.25) is 5.02 Å². The first kappa shape index (κ1) is 17.4. The second-order valence-corrected chi connectivity index (χ2v) is 6.18. The molecule has 0 aliphatic heterocycles. The van der Waals surface area contributed by atoms with Crippen molar-refractivity contribution in [2.75, 3.05) is 11.1 Å². The van der Waals surface area contributed by atoms with E-state index in [9.17, 15) is 13.6 Å². The number of ether oxygens (including phenoxy) is 1. The molecule has 0 aliphatic rings. The lowest BCUT2D eigenvalue weighted by atomic mass is 10.3. The Hall–Kier alpha value is -2.39. The molecular formula is C15H11ClF2N4O2S. The summed E-state index contributed by atoms with van der Waals surface area (Å²) in [5.74, 6) is -0.462. The highest BCUT2D eigenvalue weighted by atomic mass is 35.5. The van der Waals surface area contributed by atoms with E-state index in [1.807, 2.05) is 0 Å². The number of alkyl halides is 2. The van der Waals surface area contributed by atoms with Gasteiger partial charge in [-0.2, -0.15) is 8.78 Å². The summed E-state index contributed by atoms with van der Waals surface area (Å²) in [6.07, 6.45) is 1.48. The standard InChI is InChI=1S/C15H11ClF2N4O2S/c16-8-5-10-13(19-6-8)22-15(21-10)25-7-12(23)20-9-3-1-2-4-11(9)24-14(17)18/h1-6,14H,7H2,(H,20,23)(H,19,21,22). The average Bonchev–Trinajstić information content (AvgIpc) is 2.96. The van der Waals surface area contributed by atoms with Crippen molar-refractivity contribution in [2.24, 2.45) is 0 Å². The van der Waals surface area contributed by atoms with Crippen molar-refractivity contribution in [3.8, 4) is 5.75 Å². The molecule has 130 valence electrons. The molecule has 25 heavy (non-hydrogen) atoms. The number of rotatable bonds is 6. The highest BCUT2D eigenvalue weighted by molar-refractivity contribution is 7.99. The Labute approximate surface area is 149 Å². The number of carbonyl (C=O) groups excluding carboxylic acids is 1. The van der Waals surface area contributed by atoms with Crippen molar-refractivity contribution in [2.45, 2.75) is 11.8 Å². The van der Waals surface area contributed by atoms with Crippen LogP contribution in [0.5, 0.6) is 5.75 Å². The molecule has 2 N–H and O–H groups in total. The molecule has 6 nitrogen and oxygen atoms in total. The first-order chi connectivity index (χ1) is 12.0. The Bertz CT molecular complexity index is 906. The summed E-state index contributed by atoms with van der Waals surface area (Å²) in [5, 5.41) is 3.50. The summed E-state index contributed by atoms with van der Waals surface area (Å²) in [6, 6.07) is 7.65. The van der Waals surface area contributed by atoms with E-state index < -0.39 is 6.61 Å². The number of nitrogens with one attached hydrogen (secondary N) is 2. The number of anilines is 1. The number of aromatic nitrogens is 3. The zero-order valence-electron chi connectivity index (χ0n) is 12.5. The lowest BCUT2D eigenvalue weighted by Gasteiger charge is -2.11. The van der Waals surface area contributed by atoms with Crippen molar-refractivity contribution < 1.29 is 18.3 Å². The van der Waals surface area contributed by atoms with Crippen LogP contribution in [0.15, 0.2) is 41.7 Å². The monoisotopic (exact) mass is 384 g/mol. The molecule has 0 atom stereocenters. The minimum Gasteiger partial charge on any atom is -0.433 e. The first-order valence-electron chi connectivity index (χ1n) is 6.99. The molecule has 10 heteroatoms. The van der Waals surface area contributed by atoms with Gasteiger partial charge in [0.15, 0.2) is 10.8 Å². The molecule has 1 aromatic carbocycles. The molecule has 3 rings (SSSR count). The molecular weight excluding hydrogens is 374 g/mol. The van der Waals surface area contributed by atoms with Crippen LogP contribution in [0.4, 0.5) is 14.5 Å². The number of para-hydroxylation sites is 2. The summed E-state index contributed by atoms with van der Waals surface area (Å²) in [5.41, 5.74) is 1.32. The van der Waals surface area contributed by atoms with Gasteiger partial charge < -0.3 is 15.0 Å². The van der Waals surface area contributed by atoms with E-state index in [-0.39, 0.29) is 23.1 Å². The number of halogens is 3. The van der Waals surface area contributed by atoms with E-state index in [0.717, 1.165) is 11.8 Å². The fraction of sp³-hybridized carbons (Fsp3) is 0.133. The van der Waals surface area contributed by atoms with Gasteiger partial charge in [0.2, 0.25) is 5.91 Å². The van der Waals surface area contributed by atoms with Gasteiger partial charge in [-0.05, 0) is 18.2 Å². The number of hydrogen-bond donors (Lipinski definition) is 2. The van der Waals surface area contributed by atoms with Crippen molar-refractivity contribution in [1.82, 2.24) is 15.0 Å². The fourth-order valence-corrected chi connectivity index (χ4v) is 2.84. The molecule has 2 heterocycles. The number of amides is 1. The van der Waals surface area contributed by atoms with Crippen LogP contribution in [-0.4, -0.2) is 33.2 Å². The van der Waals surface area contributed by atoms with Crippen molar-refractivity contribution in [3.63, 3.8) is 0 Å². The summed E-state index contributed by atoms with van der Waals surface area (Å²) >= 11 is 7.00. The van der Waals surface area contributed by atoms with E-state index in [2.05, 4.69) is 25.0 Å². The van der Waals surface area contributed by atoms with Gasteiger partial charge in [-0.25, -0.2) is 9.97 Å². The van der Waals surface area contributed by atoms with Gasteiger partial charge in [-0.15, -0.1) is 0 Å². The Morgan fingerprint density at radius 3 is 3.00 bits per heavy atom. The lowest BCUT2D eigenvalue weighted by molar-refractivity contribution is -0.113. The number of carbonyl (C=O) groups is 1. The highest BCUT2D eigenvalue weighted by Crippen LogP contribution is 2.26. The predicted octanol–water partition coefficient (Wildman–Crippen LogP) is 3.94. The van der Waals surface area contributed by atoms with Crippen LogP contribution in [0.1, 0.15) is 0 Å². The molecule has 0 spiro atoms. The molecule has 2 aromatic heterocycles. The molecule has 0 radical (unpaired) electrons. The Morgan fingerprint density at radius 2 is 2.20 bits per heavy atom. The third-order valence-corrected chi connectivity index (χ3v) is 4.08. The number of pyridine rings is 1. The number of thioether (sulfide) groups is 1. The maximum Gasteiger partial charge on any atom is 0.387 e. The second-order valence-electron chi connectivity index (χ2n) is 4.78. The third kappa shape index (κ3) is 4.58. The van der Waals surface area contributed by atoms with Gasteiger partial charge in [-0.1, -0.05) is 35.5 Å². The molecule has 0 bridgehead atoms. The largest absolute Gasteiger partial charge is 0.433 e. The van der Waals surface area contributed by atoms with E-state index in [4.69, 9.17) is 11.6 Å². The number of aromatic amines is 1. The zero-order valence-corrected chi connectivity index (χ0v) is 14.1. The SMILES string of the molecule is O=C(CSc1nc2ncc(Cl)cc2[nH]1)Nc1ccccc1OC(F)F. The minimum absolute atomic E-state index is 0.0244. The van der Waals surface area contributed by atoms with Crippen LogP contribution in [0.25, 0.3) is 11.2 Å². The summed E-state index contributed by atoms with van der Waals surface area (Å²) in [7, 11) is 0. The maximum atomic E-state index is 12.4. The molecule has 0 aliphatic carbocycles. The van der Waals surface area contributed by atoms with Crippen LogP contribution >= 0.6 is 23.4 Å². The highest BCUT2D eigenvalue weighted by Gasteiger charge is 2.13. The maximum absolute atomic E-state index is 12.4. The summed E-state index contributed by atoms with van der Waals surface area (Å²) in [6.45, 7) is -2.97. The molecule has 1 amide bonds.